The lowest BCUT2D eigenvalue weighted by Gasteiger charge is -1.99. The lowest BCUT2D eigenvalue weighted by atomic mass is 10.2. The summed E-state index contributed by atoms with van der Waals surface area (Å²) < 4.78 is 0. The Balaban J connectivity index is 2.92. The Morgan fingerprint density at radius 3 is 2.80 bits per heavy atom. The van der Waals surface area contributed by atoms with Crippen molar-refractivity contribution in [2.24, 2.45) is 0 Å². The van der Waals surface area contributed by atoms with E-state index in [1.54, 1.807) is 6.07 Å². The van der Waals surface area contributed by atoms with Crippen LogP contribution < -0.4 is 5.32 Å². The van der Waals surface area contributed by atoms with Gasteiger partial charge >= 0.3 is 5.97 Å². The lowest BCUT2D eigenvalue weighted by molar-refractivity contribution is -0.131. The summed E-state index contributed by atoms with van der Waals surface area (Å²) in [7, 11) is 1.52. The summed E-state index contributed by atoms with van der Waals surface area (Å²) in [5.41, 5.74) is 0.962. The maximum Gasteiger partial charge on any atom is 0.328 e. The molecule has 1 amide bonds. The third kappa shape index (κ3) is 3.22. The average molecular weight is 206 g/mol. The fraction of sp³-hybridized carbons (Fsp3) is 0.100. The van der Waals surface area contributed by atoms with Crippen LogP contribution in [0.15, 0.2) is 24.5 Å². The van der Waals surface area contributed by atoms with Gasteiger partial charge in [0, 0.05) is 25.5 Å². The van der Waals surface area contributed by atoms with Crippen molar-refractivity contribution in [3.63, 3.8) is 0 Å². The first kappa shape index (κ1) is 10.9. The topological polar surface area (TPSA) is 79.3 Å². The number of hydrogen-bond acceptors (Lipinski definition) is 3. The first-order valence-corrected chi connectivity index (χ1v) is 4.21. The molecule has 0 aliphatic rings. The number of aromatic nitrogens is 1. The van der Waals surface area contributed by atoms with Gasteiger partial charge < -0.3 is 10.4 Å². The van der Waals surface area contributed by atoms with Gasteiger partial charge in [-0.1, -0.05) is 0 Å². The largest absolute Gasteiger partial charge is 0.478 e. The van der Waals surface area contributed by atoms with Crippen LogP contribution in [0.1, 0.15) is 15.9 Å². The molecule has 1 rings (SSSR count). The van der Waals surface area contributed by atoms with Crippen molar-refractivity contribution < 1.29 is 14.7 Å². The van der Waals surface area contributed by atoms with Crippen molar-refractivity contribution in [2.45, 2.75) is 0 Å². The molecule has 0 aliphatic carbocycles. The molecule has 0 saturated carbocycles. The Labute approximate surface area is 86.5 Å². The molecular weight excluding hydrogens is 196 g/mol. The molecule has 2 N–H and O–H groups in total. The standard InChI is InChI=1S/C10H10N2O3/c1-11-10(15)8-4-7(5-12-6-8)2-3-9(13)14/h2-6H,1H3,(H,11,15)(H,13,14)/b3-2+. The lowest BCUT2D eigenvalue weighted by Crippen LogP contribution is -2.17. The molecule has 15 heavy (non-hydrogen) atoms. The van der Waals surface area contributed by atoms with Gasteiger partial charge in [-0.25, -0.2) is 4.79 Å². The highest BCUT2D eigenvalue weighted by Gasteiger charge is 2.02. The number of amides is 1. The third-order valence-electron chi connectivity index (χ3n) is 1.67. The zero-order valence-electron chi connectivity index (χ0n) is 8.10. The summed E-state index contributed by atoms with van der Waals surface area (Å²) in [6, 6.07) is 1.56. The quantitative estimate of drug-likeness (QED) is 0.707. The SMILES string of the molecule is CNC(=O)c1cncc(/C=C/C(=O)O)c1. The molecule has 0 saturated heterocycles. The number of carboxylic acid groups (broad SMARTS) is 1. The normalized spacial score (nSPS) is 10.2. The maximum absolute atomic E-state index is 11.2. The highest BCUT2D eigenvalue weighted by atomic mass is 16.4. The number of pyridine rings is 1. The summed E-state index contributed by atoms with van der Waals surface area (Å²) >= 11 is 0. The number of nitrogens with zero attached hydrogens (tertiary/aromatic N) is 1. The minimum atomic E-state index is -1.04. The molecule has 0 bridgehead atoms. The van der Waals surface area contributed by atoms with Crippen LogP contribution in [0, 0.1) is 0 Å². The molecule has 0 aromatic carbocycles. The highest BCUT2D eigenvalue weighted by Crippen LogP contribution is 2.04. The molecular formula is C10H10N2O3. The third-order valence-corrected chi connectivity index (χ3v) is 1.67. The van der Waals surface area contributed by atoms with Gasteiger partial charge in [0.25, 0.3) is 5.91 Å². The van der Waals surface area contributed by atoms with Crippen LogP contribution >= 0.6 is 0 Å². The Morgan fingerprint density at radius 2 is 2.20 bits per heavy atom. The second kappa shape index (κ2) is 4.90. The van der Waals surface area contributed by atoms with Crippen molar-refractivity contribution in [2.75, 3.05) is 7.05 Å². The van der Waals surface area contributed by atoms with Gasteiger partial charge in [-0.3, -0.25) is 9.78 Å². The van der Waals surface area contributed by atoms with E-state index in [9.17, 15) is 9.59 Å². The number of nitrogens with one attached hydrogen (secondary N) is 1. The summed E-state index contributed by atoms with van der Waals surface area (Å²) in [6.45, 7) is 0. The predicted octanol–water partition coefficient (Wildman–Crippen LogP) is 0.539. The molecule has 0 fully saturated rings. The van der Waals surface area contributed by atoms with E-state index in [1.807, 2.05) is 0 Å². The van der Waals surface area contributed by atoms with Crippen LogP contribution in [0.2, 0.25) is 0 Å². The summed E-state index contributed by atoms with van der Waals surface area (Å²) in [5.74, 6) is -1.30. The van der Waals surface area contributed by atoms with Crippen molar-refractivity contribution in [3.8, 4) is 0 Å². The van der Waals surface area contributed by atoms with Crippen LogP contribution in [0.4, 0.5) is 0 Å². The molecule has 0 atom stereocenters. The molecule has 1 aromatic heterocycles. The molecule has 0 radical (unpaired) electrons. The Morgan fingerprint density at radius 1 is 1.47 bits per heavy atom. The average Bonchev–Trinajstić information content (AvgIpc) is 2.25. The van der Waals surface area contributed by atoms with Crippen molar-refractivity contribution in [1.82, 2.24) is 10.3 Å². The molecule has 1 heterocycles. The number of carbonyl (C=O) groups is 2. The number of carboxylic acids is 1. The second-order valence-electron chi connectivity index (χ2n) is 2.76. The van der Waals surface area contributed by atoms with Crippen LogP contribution in [0.25, 0.3) is 6.08 Å². The van der Waals surface area contributed by atoms with Crippen LogP contribution in [0.3, 0.4) is 0 Å². The van der Waals surface area contributed by atoms with E-state index in [0.29, 0.717) is 11.1 Å². The van der Waals surface area contributed by atoms with E-state index in [0.717, 1.165) is 6.08 Å². The van der Waals surface area contributed by atoms with Crippen molar-refractivity contribution in [3.05, 3.63) is 35.7 Å². The summed E-state index contributed by atoms with van der Waals surface area (Å²) in [4.78, 5) is 25.3. The Bertz CT molecular complexity index is 413. The van der Waals surface area contributed by atoms with Crippen LogP contribution in [-0.4, -0.2) is 29.0 Å². The second-order valence-corrected chi connectivity index (χ2v) is 2.76. The molecule has 5 heteroatoms. The predicted molar refractivity (Wildman–Crippen MR) is 54.3 cm³/mol. The molecule has 5 nitrogen and oxygen atoms in total. The first-order valence-electron chi connectivity index (χ1n) is 4.21. The minimum Gasteiger partial charge on any atom is -0.478 e. The van der Waals surface area contributed by atoms with E-state index in [-0.39, 0.29) is 5.91 Å². The van der Waals surface area contributed by atoms with Gasteiger partial charge in [0.15, 0.2) is 0 Å². The smallest absolute Gasteiger partial charge is 0.328 e. The van der Waals surface area contributed by atoms with Gasteiger partial charge in [0.2, 0.25) is 0 Å². The van der Waals surface area contributed by atoms with E-state index in [2.05, 4.69) is 10.3 Å². The Kier molecular flexibility index (Phi) is 3.56. The highest BCUT2D eigenvalue weighted by molar-refractivity contribution is 5.94. The summed E-state index contributed by atoms with van der Waals surface area (Å²) in [6.07, 6.45) is 5.26. The molecule has 78 valence electrons. The number of hydrogen-bond donors (Lipinski definition) is 2. The number of rotatable bonds is 3. The summed E-state index contributed by atoms with van der Waals surface area (Å²) in [5, 5.41) is 10.9. The molecule has 0 unspecified atom stereocenters. The number of aliphatic carboxylic acids is 1. The van der Waals surface area contributed by atoms with E-state index in [1.165, 1.54) is 25.5 Å². The fourth-order valence-corrected chi connectivity index (χ4v) is 0.985. The number of carbonyl (C=O) groups excluding carboxylic acids is 1. The zero-order valence-corrected chi connectivity index (χ0v) is 8.10. The van der Waals surface area contributed by atoms with Gasteiger partial charge in [-0.05, 0) is 17.7 Å². The van der Waals surface area contributed by atoms with Gasteiger partial charge in [0.05, 0.1) is 5.56 Å². The molecule has 0 spiro atoms. The monoisotopic (exact) mass is 206 g/mol. The first-order chi connectivity index (χ1) is 7.13. The van der Waals surface area contributed by atoms with E-state index in [4.69, 9.17) is 5.11 Å². The van der Waals surface area contributed by atoms with Gasteiger partial charge in [-0.2, -0.15) is 0 Å². The van der Waals surface area contributed by atoms with Crippen molar-refractivity contribution >= 4 is 18.0 Å². The zero-order chi connectivity index (χ0) is 11.3. The minimum absolute atomic E-state index is 0.256. The van der Waals surface area contributed by atoms with Crippen LogP contribution in [0.5, 0.6) is 0 Å². The van der Waals surface area contributed by atoms with E-state index >= 15 is 0 Å². The van der Waals surface area contributed by atoms with E-state index < -0.39 is 5.97 Å². The van der Waals surface area contributed by atoms with Crippen LogP contribution in [-0.2, 0) is 4.79 Å². The maximum atomic E-state index is 11.2. The molecule has 0 aliphatic heterocycles. The van der Waals surface area contributed by atoms with Crippen molar-refractivity contribution in [1.29, 1.82) is 0 Å². The Hall–Kier alpha value is -2.17. The molecule has 1 aromatic rings. The van der Waals surface area contributed by atoms with Gasteiger partial charge in [0.1, 0.15) is 0 Å². The fourth-order valence-electron chi connectivity index (χ4n) is 0.985. The van der Waals surface area contributed by atoms with Gasteiger partial charge in [-0.15, -0.1) is 0 Å².